The molecule has 4 nitrogen and oxygen atoms in total. The molecule has 96 valence electrons. The van der Waals surface area contributed by atoms with Crippen LogP contribution in [0.15, 0.2) is 36.9 Å². The topological polar surface area (TPSA) is 65.3 Å². The van der Waals surface area contributed by atoms with Gasteiger partial charge in [0.05, 0.1) is 5.56 Å². The largest absolute Gasteiger partial charge is 0.489 e. The second-order valence-electron chi connectivity index (χ2n) is 4.01. The summed E-state index contributed by atoms with van der Waals surface area (Å²) in [6.07, 6.45) is 1.14. The van der Waals surface area contributed by atoms with Crippen molar-refractivity contribution in [1.29, 1.82) is 5.26 Å². The Balaban J connectivity index is 2.40. The first-order valence-corrected chi connectivity index (χ1v) is 5.83. The molecule has 0 aromatic heterocycles. The average Bonchev–Trinajstić information content (AvgIpc) is 2.42. The van der Waals surface area contributed by atoms with E-state index in [-0.39, 0.29) is 12.6 Å². The monoisotopic (exact) mass is 246 g/mol. The fraction of sp³-hybridized carbons (Fsp3) is 0.357. The lowest BCUT2D eigenvalue weighted by molar-refractivity contribution is 0.105. The predicted octanol–water partition coefficient (Wildman–Crippen LogP) is 1.46. The second-order valence-corrected chi connectivity index (χ2v) is 4.01. The van der Waals surface area contributed by atoms with Gasteiger partial charge in [0.1, 0.15) is 24.5 Å². The van der Waals surface area contributed by atoms with Gasteiger partial charge in [-0.05, 0) is 19.1 Å². The van der Waals surface area contributed by atoms with Gasteiger partial charge in [0.2, 0.25) is 0 Å². The molecule has 0 amide bonds. The Labute approximate surface area is 108 Å². The van der Waals surface area contributed by atoms with Gasteiger partial charge in [-0.1, -0.05) is 18.2 Å². The lowest BCUT2D eigenvalue weighted by Gasteiger charge is -2.15. The maximum atomic E-state index is 9.71. The number of aliphatic hydroxyl groups excluding tert-OH is 1. The smallest absolute Gasteiger partial charge is 0.137 e. The molecule has 4 heteroatoms. The Kier molecular flexibility index (Phi) is 5.92. The number of nitriles is 1. The van der Waals surface area contributed by atoms with Gasteiger partial charge in [0.15, 0.2) is 0 Å². The van der Waals surface area contributed by atoms with Crippen LogP contribution in [-0.2, 0) is 0 Å². The van der Waals surface area contributed by atoms with Crippen LogP contribution in [0, 0.1) is 11.3 Å². The van der Waals surface area contributed by atoms with E-state index in [1.807, 2.05) is 13.0 Å². The van der Waals surface area contributed by atoms with E-state index in [4.69, 9.17) is 10.00 Å². The van der Waals surface area contributed by atoms with Gasteiger partial charge < -0.3 is 15.2 Å². The number of benzene rings is 1. The highest BCUT2D eigenvalue weighted by Gasteiger charge is 2.08. The van der Waals surface area contributed by atoms with Gasteiger partial charge in [-0.3, -0.25) is 0 Å². The summed E-state index contributed by atoms with van der Waals surface area (Å²) in [6, 6.07) is 9.15. The van der Waals surface area contributed by atoms with Crippen molar-refractivity contribution < 1.29 is 9.84 Å². The Morgan fingerprint density at radius 1 is 1.56 bits per heavy atom. The molecule has 0 heterocycles. The van der Waals surface area contributed by atoms with Crippen LogP contribution in [-0.4, -0.2) is 30.4 Å². The van der Waals surface area contributed by atoms with Crippen LogP contribution in [0.2, 0.25) is 0 Å². The summed E-state index contributed by atoms with van der Waals surface area (Å²) in [4.78, 5) is 0. The van der Waals surface area contributed by atoms with Crippen LogP contribution in [0.3, 0.4) is 0 Å². The quantitative estimate of drug-likeness (QED) is 0.715. The zero-order valence-electron chi connectivity index (χ0n) is 10.5. The van der Waals surface area contributed by atoms with E-state index >= 15 is 0 Å². The van der Waals surface area contributed by atoms with Crippen LogP contribution >= 0.6 is 0 Å². The molecule has 1 aromatic rings. The van der Waals surface area contributed by atoms with Gasteiger partial charge in [-0.15, -0.1) is 6.58 Å². The summed E-state index contributed by atoms with van der Waals surface area (Å²) in [6.45, 7) is 6.16. The van der Waals surface area contributed by atoms with Crippen molar-refractivity contribution in [1.82, 2.24) is 5.32 Å². The highest BCUT2D eigenvalue weighted by Crippen LogP contribution is 2.16. The molecule has 0 fully saturated rings. The zero-order valence-corrected chi connectivity index (χ0v) is 10.5. The minimum atomic E-state index is -0.626. The molecular formula is C14H18N2O2. The average molecular weight is 246 g/mol. The van der Waals surface area contributed by atoms with E-state index < -0.39 is 6.10 Å². The predicted molar refractivity (Wildman–Crippen MR) is 70.3 cm³/mol. The first-order valence-electron chi connectivity index (χ1n) is 5.83. The van der Waals surface area contributed by atoms with Crippen molar-refractivity contribution >= 4 is 0 Å². The Morgan fingerprint density at radius 2 is 2.28 bits per heavy atom. The minimum absolute atomic E-state index is 0.144. The van der Waals surface area contributed by atoms with E-state index in [1.165, 1.54) is 0 Å². The van der Waals surface area contributed by atoms with Crippen molar-refractivity contribution in [2.45, 2.75) is 19.1 Å². The summed E-state index contributed by atoms with van der Waals surface area (Å²) < 4.78 is 5.42. The van der Waals surface area contributed by atoms with Crippen LogP contribution in [0.5, 0.6) is 5.75 Å². The molecule has 1 rings (SSSR count). The Bertz CT molecular complexity index is 426. The molecular weight excluding hydrogens is 228 g/mol. The third-order valence-electron chi connectivity index (χ3n) is 2.47. The van der Waals surface area contributed by atoms with Gasteiger partial charge in [-0.25, -0.2) is 0 Å². The number of aliphatic hydroxyl groups is 1. The number of nitrogens with zero attached hydrogens (tertiary/aromatic N) is 1. The third-order valence-corrected chi connectivity index (χ3v) is 2.47. The van der Waals surface area contributed by atoms with Crippen LogP contribution < -0.4 is 10.1 Å². The molecule has 2 N–H and O–H groups in total. The molecule has 0 bridgehead atoms. The number of nitrogens with one attached hydrogen (secondary N) is 1. The number of rotatable bonds is 7. The number of para-hydroxylation sites is 1. The summed E-state index contributed by atoms with van der Waals surface area (Å²) >= 11 is 0. The summed E-state index contributed by atoms with van der Waals surface area (Å²) in [5, 5.41) is 21.7. The van der Waals surface area contributed by atoms with E-state index in [9.17, 15) is 5.11 Å². The molecule has 1 aromatic carbocycles. The van der Waals surface area contributed by atoms with E-state index in [1.54, 1.807) is 30.3 Å². The molecule has 0 saturated heterocycles. The SMILES string of the molecule is C=CC(C)NCC(O)COc1ccccc1C#N. The summed E-state index contributed by atoms with van der Waals surface area (Å²) in [5.74, 6) is 0.496. The standard InChI is InChI=1S/C14H18N2O2/c1-3-11(2)16-9-13(17)10-18-14-7-5-4-6-12(14)8-15/h3-7,11,13,16-17H,1,9-10H2,2H3. The second kappa shape index (κ2) is 7.49. The van der Waals surface area contributed by atoms with Gasteiger partial charge in [-0.2, -0.15) is 5.26 Å². The van der Waals surface area contributed by atoms with Crippen molar-refractivity contribution in [3.63, 3.8) is 0 Å². The highest BCUT2D eigenvalue weighted by molar-refractivity contribution is 5.42. The molecule has 2 unspecified atom stereocenters. The third kappa shape index (κ3) is 4.58. The maximum absolute atomic E-state index is 9.71. The Hall–Kier alpha value is -1.83. The lowest BCUT2D eigenvalue weighted by Crippen LogP contribution is -2.35. The summed E-state index contributed by atoms with van der Waals surface area (Å²) in [5.41, 5.74) is 0.470. The van der Waals surface area contributed by atoms with Crippen molar-refractivity contribution in [2.75, 3.05) is 13.2 Å². The van der Waals surface area contributed by atoms with Gasteiger partial charge in [0.25, 0.3) is 0 Å². The molecule has 0 aliphatic heterocycles. The molecule has 0 aliphatic rings. The zero-order chi connectivity index (χ0) is 13.4. The van der Waals surface area contributed by atoms with E-state index in [2.05, 4.69) is 11.9 Å². The van der Waals surface area contributed by atoms with Crippen LogP contribution in [0.4, 0.5) is 0 Å². The highest BCUT2D eigenvalue weighted by atomic mass is 16.5. The summed E-state index contributed by atoms with van der Waals surface area (Å²) in [7, 11) is 0. The molecule has 0 saturated carbocycles. The molecule has 18 heavy (non-hydrogen) atoms. The van der Waals surface area contributed by atoms with E-state index in [0.717, 1.165) is 0 Å². The van der Waals surface area contributed by atoms with Crippen molar-refractivity contribution in [3.8, 4) is 11.8 Å². The van der Waals surface area contributed by atoms with E-state index in [0.29, 0.717) is 17.9 Å². The normalized spacial score (nSPS) is 13.4. The maximum Gasteiger partial charge on any atom is 0.137 e. The van der Waals surface area contributed by atoms with Crippen LogP contribution in [0.1, 0.15) is 12.5 Å². The molecule has 2 atom stereocenters. The van der Waals surface area contributed by atoms with Crippen LogP contribution in [0.25, 0.3) is 0 Å². The fourth-order valence-electron chi connectivity index (χ4n) is 1.34. The molecule has 0 spiro atoms. The first kappa shape index (κ1) is 14.2. The van der Waals surface area contributed by atoms with Gasteiger partial charge >= 0.3 is 0 Å². The Morgan fingerprint density at radius 3 is 2.94 bits per heavy atom. The van der Waals surface area contributed by atoms with Crippen molar-refractivity contribution in [3.05, 3.63) is 42.5 Å². The molecule has 0 radical (unpaired) electrons. The first-order chi connectivity index (χ1) is 8.67. The number of hydrogen-bond donors (Lipinski definition) is 2. The molecule has 0 aliphatic carbocycles. The van der Waals surface area contributed by atoms with Crippen molar-refractivity contribution in [2.24, 2.45) is 0 Å². The van der Waals surface area contributed by atoms with Gasteiger partial charge in [0, 0.05) is 12.6 Å². The number of ether oxygens (including phenoxy) is 1. The minimum Gasteiger partial charge on any atom is -0.489 e. The lowest BCUT2D eigenvalue weighted by atomic mass is 10.2. The fourth-order valence-corrected chi connectivity index (χ4v) is 1.34. The number of hydrogen-bond acceptors (Lipinski definition) is 4.